The number of hydrogen-bond donors (Lipinski definition) is 2. The molecule has 0 aliphatic carbocycles. The van der Waals surface area contributed by atoms with Gasteiger partial charge >= 0.3 is 29.8 Å². The molecule has 16 heteroatoms. The molecule has 82 heavy (non-hydrogen) atoms. The Morgan fingerprint density at radius 2 is 0.732 bits per heavy atom. The lowest BCUT2D eigenvalue weighted by molar-refractivity contribution is 0.0699. The molecule has 0 heterocycles. The Morgan fingerprint density at radius 3 is 1.04 bits per heavy atom. The lowest BCUT2D eigenvalue weighted by atomic mass is 10.1. The summed E-state index contributed by atoms with van der Waals surface area (Å²) in [6, 6.07) is 52.9. The van der Waals surface area contributed by atoms with Gasteiger partial charge in [0.25, 0.3) is 0 Å². The minimum Gasteiger partial charge on any atom is -0.450 e. The van der Waals surface area contributed by atoms with E-state index in [2.05, 4.69) is 192 Å². The smallest absolute Gasteiger partial charge is 0.450 e. The second-order valence-electron chi connectivity index (χ2n) is 19.7. The molecule has 0 aliphatic rings. The van der Waals surface area contributed by atoms with Crippen LogP contribution < -0.4 is 20.4 Å². The molecule has 0 spiro atoms. The maximum Gasteiger partial charge on any atom is 0.500 e. The van der Waals surface area contributed by atoms with Crippen LogP contribution in [0.5, 0.6) is 0 Å². The van der Waals surface area contributed by atoms with Crippen LogP contribution in [0.25, 0.3) is 12.2 Å². The fourth-order valence-electron chi connectivity index (χ4n) is 9.69. The number of carbonyl (C=O) groups is 2. The number of ether oxygens (including phenoxy) is 2. The number of rotatable bonds is 36. The molecular weight excluding hydrogens is 1060 g/mol. The van der Waals surface area contributed by atoms with Crippen LogP contribution in [0.3, 0.4) is 0 Å². The van der Waals surface area contributed by atoms with Gasteiger partial charge in [-0.1, -0.05) is 84.9 Å². The Labute approximate surface area is 490 Å². The van der Waals surface area contributed by atoms with Crippen molar-refractivity contribution in [2.75, 3.05) is 75.7 Å². The SMILES string of the molecule is CCO[Si](CCCNC(=O)OCCCc1ccc(N(c2ccc(/C=C/c3ccc(N(c4ccc(CCCOC(=O)NCCC[Si](OCC)(OCC)OCC)cc4)c4cccc(C)c4)cc3)cc2)c2cccc(C)c2)cc1)(OCC)OCC. The zero-order valence-electron chi connectivity index (χ0n) is 49.7. The van der Waals surface area contributed by atoms with Crippen molar-refractivity contribution < 1.29 is 45.6 Å². The summed E-state index contributed by atoms with van der Waals surface area (Å²) in [4.78, 5) is 29.5. The lowest BCUT2D eigenvalue weighted by Crippen LogP contribution is -2.46. The summed E-state index contributed by atoms with van der Waals surface area (Å²) in [6.45, 7) is 20.6. The third-order valence-corrected chi connectivity index (χ3v) is 19.7. The van der Waals surface area contributed by atoms with E-state index in [1.54, 1.807) is 0 Å². The average Bonchev–Trinajstić information content (AvgIpc) is 3.47. The van der Waals surface area contributed by atoms with Crippen LogP contribution in [0.2, 0.25) is 12.1 Å². The van der Waals surface area contributed by atoms with Gasteiger partial charge in [0.1, 0.15) is 0 Å². The molecule has 6 aromatic rings. The third kappa shape index (κ3) is 20.7. The summed E-state index contributed by atoms with van der Waals surface area (Å²) in [5, 5.41) is 5.71. The fraction of sp³-hybridized carbons (Fsp3) is 0.394. The second kappa shape index (κ2) is 34.7. The highest BCUT2D eigenvalue weighted by molar-refractivity contribution is 6.61. The summed E-state index contributed by atoms with van der Waals surface area (Å²) in [6.07, 6.45) is 7.78. The van der Waals surface area contributed by atoms with Gasteiger partial charge in [-0.3, -0.25) is 0 Å². The number of anilines is 6. The van der Waals surface area contributed by atoms with Gasteiger partial charge in [0.05, 0.1) is 13.2 Å². The van der Waals surface area contributed by atoms with Crippen molar-refractivity contribution in [2.45, 2.75) is 106 Å². The summed E-state index contributed by atoms with van der Waals surface area (Å²) in [5.74, 6) is 0. The van der Waals surface area contributed by atoms with Crippen molar-refractivity contribution in [1.82, 2.24) is 10.6 Å². The zero-order valence-corrected chi connectivity index (χ0v) is 51.7. The van der Waals surface area contributed by atoms with Crippen LogP contribution in [-0.4, -0.2) is 95.7 Å². The molecule has 2 N–H and O–H groups in total. The first-order valence-corrected chi connectivity index (χ1v) is 33.3. The van der Waals surface area contributed by atoms with Crippen LogP contribution in [-0.2, 0) is 48.9 Å². The van der Waals surface area contributed by atoms with Gasteiger partial charge in [0.2, 0.25) is 0 Å². The van der Waals surface area contributed by atoms with E-state index in [0.717, 1.165) is 58.1 Å². The van der Waals surface area contributed by atoms with E-state index >= 15 is 0 Å². The number of benzene rings is 6. The number of amides is 2. The largest absolute Gasteiger partial charge is 0.500 e. The molecule has 0 fully saturated rings. The summed E-state index contributed by atoms with van der Waals surface area (Å²) in [7, 11) is -5.49. The van der Waals surface area contributed by atoms with E-state index < -0.39 is 29.8 Å². The van der Waals surface area contributed by atoms with Crippen molar-refractivity contribution in [3.63, 3.8) is 0 Å². The standard InChI is InChI=1S/C66H88N4O10Si2/c1-9-75-81(76-10-2,77-11-3)49-19-45-67-65(71)73-47-17-23-55-29-37-59(38-30-55)69(63-25-15-21-53(7)51-63)61-41-33-57(34-42-61)27-28-58-35-43-62(44-36-58)70(64-26-16-22-54(8)52-64)60-39-31-56(32-40-60)24-18-48-74-66(72)68-46-20-50-82(78-12-4,79-13-5)80-14-6/h15-16,21-22,25-44,51-52H,9-14,17-20,23-24,45-50H2,1-8H3,(H,67,71)(H,68,72)/b28-27+. The summed E-state index contributed by atoms with van der Waals surface area (Å²) >= 11 is 0. The molecule has 0 aliphatic heterocycles. The number of carbonyl (C=O) groups excluding carboxylic acids is 2. The van der Waals surface area contributed by atoms with Crippen LogP contribution in [0.1, 0.15) is 101 Å². The van der Waals surface area contributed by atoms with Gasteiger partial charge < -0.3 is 56.5 Å². The van der Waals surface area contributed by atoms with E-state index in [0.29, 0.717) is 104 Å². The van der Waals surface area contributed by atoms with Crippen molar-refractivity contribution in [1.29, 1.82) is 0 Å². The maximum atomic E-state index is 12.5. The van der Waals surface area contributed by atoms with Gasteiger partial charge in [-0.25, -0.2) is 9.59 Å². The molecule has 440 valence electrons. The van der Waals surface area contributed by atoms with Crippen molar-refractivity contribution in [3.8, 4) is 0 Å². The first-order valence-electron chi connectivity index (χ1n) is 29.4. The molecule has 0 radical (unpaired) electrons. The summed E-state index contributed by atoms with van der Waals surface area (Å²) < 4.78 is 46.5. The van der Waals surface area contributed by atoms with Gasteiger partial charge in [-0.2, -0.15) is 0 Å². The number of aryl methyl sites for hydroxylation is 4. The van der Waals surface area contributed by atoms with E-state index in [1.165, 1.54) is 22.3 Å². The molecular formula is C66H88N4O10Si2. The van der Waals surface area contributed by atoms with Gasteiger partial charge in [0, 0.05) is 98.9 Å². The maximum absolute atomic E-state index is 12.5. The van der Waals surface area contributed by atoms with Gasteiger partial charge in [0.15, 0.2) is 0 Å². The highest BCUT2D eigenvalue weighted by Crippen LogP contribution is 2.37. The van der Waals surface area contributed by atoms with E-state index in [1.807, 2.05) is 41.5 Å². The van der Waals surface area contributed by atoms with Crippen LogP contribution in [0, 0.1) is 13.8 Å². The highest BCUT2D eigenvalue weighted by Gasteiger charge is 2.40. The molecule has 14 nitrogen and oxygen atoms in total. The predicted molar refractivity (Wildman–Crippen MR) is 336 cm³/mol. The van der Waals surface area contributed by atoms with Gasteiger partial charge in [-0.05, 0) is 200 Å². The fourth-order valence-corrected chi connectivity index (χ4v) is 14.9. The Hall–Kier alpha value is -6.61. The van der Waals surface area contributed by atoms with E-state index in [-0.39, 0.29) is 0 Å². The van der Waals surface area contributed by atoms with Crippen LogP contribution in [0.4, 0.5) is 43.7 Å². The topological polar surface area (TPSA) is 139 Å². The monoisotopic (exact) mass is 1150 g/mol. The lowest BCUT2D eigenvalue weighted by Gasteiger charge is -2.28. The van der Waals surface area contributed by atoms with Crippen LogP contribution >= 0.6 is 0 Å². The van der Waals surface area contributed by atoms with Crippen molar-refractivity contribution in [2.24, 2.45) is 0 Å². The third-order valence-electron chi connectivity index (χ3n) is 13.4. The zero-order chi connectivity index (χ0) is 58.4. The quantitative estimate of drug-likeness (QED) is 0.0220. The molecule has 6 rings (SSSR count). The Morgan fingerprint density at radius 1 is 0.415 bits per heavy atom. The number of nitrogens with one attached hydrogen (secondary N) is 2. The number of nitrogens with zero attached hydrogens (tertiary/aromatic N) is 2. The second-order valence-corrected chi connectivity index (χ2v) is 25.2. The Kier molecular flexibility index (Phi) is 27.4. The molecule has 0 aromatic heterocycles. The average molecular weight is 1150 g/mol. The van der Waals surface area contributed by atoms with E-state index in [4.69, 9.17) is 36.0 Å². The molecule has 6 aromatic carbocycles. The predicted octanol–water partition coefficient (Wildman–Crippen LogP) is 15.6. The molecule has 0 unspecified atom stereocenters. The summed E-state index contributed by atoms with van der Waals surface area (Å²) in [5.41, 5.74) is 13.2. The number of hydrogen-bond acceptors (Lipinski definition) is 12. The van der Waals surface area contributed by atoms with Crippen molar-refractivity contribution in [3.05, 3.63) is 179 Å². The Bertz CT molecular complexity index is 2610. The molecule has 0 bridgehead atoms. The highest BCUT2D eigenvalue weighted by atomic mass is 28.4. The van der Waals surface area contributed by atoms with Gasteiger partial charge in [-0.15, -0.1) is 0 Å². The van der Waals surface area contributed by atoms with E-state index in [9.17, 15) is 9.59 Å². The first kappa shape index (κ1) is 64.6. The normalized spacial score (nSPS) is 11.7. The van der Waals surface area contributed by atoms with Crippen LogP contribution in [0.15, 0.2) is 146 Å². The van der Waals surface area contributed by atoms with Crippen molar-refractivity contribution >= 4 is 76.1 Å². The molecule has 0 atom stereocenters. The Balaban J connectivity index is 1.01. The minimum atomic E-state index is -2.75. The molecule has 2 amide bonds. The molecule has 0 saturated carbocycles. The first-order chi connectivity index (χ1) is 39.9. The minimum absolute atomic E-state index is 0.323. The molecule has 0 saturated heterocycles. The number of alkyl carbamates (subject to hydrolysis) is 2.